The third-order valence-corrected chi connectivity index (χ3v) is 2.00. The Morgan fingerprint density at radius 3 is 2.75 bits per heavy atom. The molecule has 0 aromatic heterocycles. The average Bonchev–Trinajstić information content (AvgIpc) is 2.14. The van der Waals surface area contributed by atoms with Crippen molar-refractivity contribution in [3.63, 3.8) is 0 Å². The minimum Gasteiger partial charge on any atom is -0.370 e. The Bertz CT molecular complexity index is 104. The predicted molar refractivity (Wildman–Crippen MR) is 44.2 cm³/mol. The van der Waals surface area contributed by atoms with Gasteiger partial charge in [-0.2, -0.15) is 0 Å². The van der Waals surface area contributed by atoms with Crippen molar-refractivity contribution >= 4 is 0 Å². The van der Waals surface area contributed by atoms with E-state index in [9.17, 15) is 0 Å². The lowest BCUT2D eigenvalue weighted by Crippen LogP contribution is -3.14. The zero-order valence-corrected chi connectivity index (χ0v) is 7.67. The third kappa shape index (κ3) is 4.01. The zero-order valence-electron chi connectivity index (χ0n) is 7.67. The first-order chi connectivity index (χ1) is 5.93. The number of ether oxygens (including phenoxy) is 3. The lowest BCUT2D eigenvalue weighted by molar-refractivity contribution is -0.908. The van der Waals surface area contributed by atoms with Gasteiger partial charge in [0.15, 0.2) is 0 Å². The lowest BCUT2D eigenvalue weighted by Gasteiger charge is -2.23. The summed E-state index contributed by atoms with van der Waals surface area (Å²) in [5.41, 5.74) is 0. The van der Waals surface area contributed by atoms with E-state index in [-0.39, 0.29) is 0 Å². The van der Waals surface area contributed by atoms with E-state index < -0.39 is 0 Å². The summed E-state index contributed by atoms with van der Waals surface area (Å²) in [6.45, 7) is 6.24. The van der Waals surface area contributed by atoms with Crippen LogP contribution in [0.5, 0.6) is 0 Å². The molecule has 1 N–H and O–H groups in total. The summed E-state index contributed by atoms with van der Waals surface area (Å²) in [5.74, 6) is 0. The van der Waals surface area contributed by atoms with E-state index >= 15 is 0 Å². The second-order valence-corrected chi connectivity index (χ2v) is 2.93. The lowest BCUT2D eigenvalue weighted by atomic mass is 10.4. The molecule has 4 heteroatoms. The third-order valence-electron chi connectivity index (χ3n) is 2.00. The fourth-order valence-electron chi connectivity index (χ4n) is 1.27. The quantitative estimate of drug-likeness (QED) is 0.410. The largest absolute Gasteiger partial charge is 0.370 e. The summed E-state index contributed by atoms with van der Waals surface area (Å²) in [4.78, 5) is 1.57. The highest BCUT2D eigenvalue weighted by Gasteiger charge is 2.12. The Morgan fingerprint density at radius 2 is 2.08 bits per heavy atom. The van der Waals surface area contributed by atoms with Crippen LogP contribution in [0.4, 0.5) is 0 Å². The number of hydrogen-bond donors (Lipinski definition) is 1. The minimum atomic E-state index is 0.407. The molecule has 1 aliphatic rings. The summed E-state index contributed by atoms with van der Waals surface area (Å²) >= 11 is 0. The second kappa shape index (κ2) is 6.37. The molecule has 0 bridgehead atoms. The van der Waals surface area contributed by atoms with Crippen molar-refractivity contribution in [1.82, 2.24) is 0 Å². The second-order valence-electron chi connectivity index (χ2n) is 2.93. The standard InChI is InChI=1S/C8H17NO3/c1-10-8-12-7-4-9-2-5-11-6-3-9/h2-8H2,1H3/p+1. The molecule has 0 unspecified atom stereocenters. The molecular weight excluding hydrogens is 158 g/mol. The van der Waals surface area contributed by atoms with Crippen molar-refractivity contribution in [3.05, 3.63) is 0 Å². The number of nitrogens with one attached hydrogen (secondary N) is 1. The highest BCUT2D eigenvalue weighted by atomic mass is 16.7. The Morgan fingerprint density at radius 1 is 1.33 bits per heavy atom. The summed E-state index contributed by atoms with van der Waals surface area (Å²) in [7, 11) is 1.64. The van der Waals surface area contributed by atoms with Crippen LogP contribution >= 0.6 is 0 Å². The molecule has 0 saturated carbocycles. The van der Waals surface area contributed by atoms with Crippen molar-refractivity contribution in [2.45, 2.75) is 0 Å². The first kappa shape index (κ1) is 9.92. The van der Waals surface area contributed by atoms with Crippen molar-refractivity contribution in [2.24, 2.45) is 0 Å². The van der Waals surface area contributed by atoms with Gasteiger partial charge in [-0.3, -0.25) is 0 Å². The maximum Gasteiger partial charge on any atom is 0.146 e. The van der Waals surface area contributed by atoms with Crippen LogP contribution < -0.4 is 4.90 Å². The Balaban J connectivity index is 1.91. The van der Waals surface area contributed by atoms with E-state index in [4.69, 9.17) is 14.2 Å². The number of methoxy groups -OCH3 is 1. The van der Waals surface area contributed by atoms with Crippen LogP contribution in [0.3, 0.4) is 0 Å². The maximum absolute atomic E-state index is 5.24. The van der Waals surface area contributed by atoms with Crippen LogP contribution in [0.1, 0.15) is 0 Å². The van der Waals surface area contributed by atoms with Crippen LogP contribution in [0.2, 0.25) is 0 Å². The Hall–Kier alpha value is -0.160. The van der Waals surface area contributed by atoms with Crippen LogP contribution in [0.25, 0.3) is 0 Å². The van der Waals surface area contributed by atoms with Gasteiger partial charge in [-0.25, -0.2) is 0 Å². The molecule has 0 spiro atoms. The van der Waals surface area contributed by atoms with Crippen LogP contribution in [-0.2, 0) is 14.2 Å². The van der Waals surface area contributed by atoms with Crippen molar-refractivity contribution in [3.8, 4) is 0 Å². The van der Waals surface area contributed by atoms with Gasteiger partial charge in [-0.15, -0.1) is 0 Å². The van der Waals surface area contributed by atoms with Gasteiger partial charge in [0.2, 0.25) is 0 Å². The van der Waals surface area contributed by atoms with E-state index in [0.29, 0.717) is 6.79 Å². The Labute approximate surface area is 73.4 Å². The normalized spacial score (nSPS) is 19.8. The van der Waals surface area contributed by atoms with Gasteiger partial charge in [0.25, 0.3) is 0 Å². The SMILES string of the molecule is COCOCC[NH+]1CCOCC1. The summed E-state index contributed by atoms with van der Waals surface area (Å²) in [5, 5.41) is 0. The molecule has 0 aliphatic carbocycles. The first-order valence-electron chi connectivity index (χ1n) is 4.41. The van der Waals surface area contributed by atoms with E-state index in [1.54, 1.807) is 12.0 Å². The van der Waals surface area contributed by atoms with Gasteiger partial charge in [0.1, 0.15) is 26.4 Å². The zero-order chi connectivity index (χ0) is 8.65. The molecule has 72 valence electrons. The van der Waals surface area contributed by atoms with Gasteiger partial charge in [-0.05, 0) is 0 Å². The molecule has 4 nitrogen and oxygen atoms in total. The molecular formula is C8H18NO3+. The van der Waals surface area contributed by atoms with E-state index in [0.717, 1.165) is 39.5 Å². The molecule has 0 aromatic carbocycles. The fraction of sp³-hybridized carbons (Fsp3) is 1.00. The predicted octanol–water partition coefficient (Wildman–Crippen LogP) is -1.48. The number of quaternary nitrogens is 1. The molecule has 1 fully saturated rings. The van der Waals surface area contributed by atoms with Crippen molar-refractivity contribution in [1.29, 1.82) is 0 Å². The minimum absolute atomic E-state index is 0.407. The molecule has 1 aliphatic heterocycles. The molecule has 1 heterocycles. The summed E-state index contributed by atoms with van der Waals surface area (Å²) in [6.07, 6.45) is 0. The summed E-state index contributed by atoms with van der Waals surface area (Å²) < 4.78 is 15.2. The van der Waals surface area contributed by atoms with Gasteiger partial charge in [-0.1, -0.05) is 0 Å². The molecule has 1 saturated heterocycles. The fourth-order valence-corrected chi connectivity index (χ4v) is 1.27. The van der Waals surface area contributed by atoms with Crippen LogP contribution in [0, 0.1) is 0 Å². The molecule has 12 heavy (non-hydrogen) atoms. The van der Waals surface area contributed by atoms with Gasteiger partial charge >= 0.3 is 0 Å². The molecule has 0 aromatic rings. The maximum atomic E-state index is 5.24. The van der Waals surface area contributed by atoms with E-state index in [1.165, 1.54) is 0 Å². The number of hydrogen-bond acceptors (Lipinski definition) is 3. The van der Waals surface area contributed by atoms with Crippen LogP contribution in [-0.4, -0.2) is 53.4 Å². The summed E-state index contributed by atoms with van der Waals surface area (Å²) in [6, 6.07) is 0. The molecule has 0 atom stereocenters. The topological polar surface area (TPSA) is 32.1 Å². The molecule has 0 radical (unpaired) electrons. The monoisotopic (exact) mass is 176 g/mol. The molecule has 1 rings (SSSR count). The Kier molecular flexibility index (Phi) is 5.27. The highest BCUT2D eigenvalue weighted by molar-refractivity contribution is 4.38. The van der Waals surface area contributed by atoms with Crippen LogP contribution in [0.15, 0.2) is 0 Å². The first-order valence-corrected chi connectivity index (χ1v) is 4.41. The number of morpholine rings is 1. The van der Waals surface area contributed by atoms with E-state index in [1.807, 2.05) is 0 Å². The number of rotatable bonds is 5. The molecule has 0 amide bonds. The van der Waals surface area contributed by atoms with Crippen molar-refractivity contribution < 1.29 is 19.1 Å². The highest BCUT2D eigenvalue weighted by Crippen LogP contribution is 1.76. The van der Waals surface area contributed by atoms with E-state index in [2.05, 4.69) is 0 Å². The average molecular weight is 176 g/mol. The van der Waals surface area contributed by atoms with Crippen molar-refractivity contribution in [2.75, 3.05) is 53.4 Å². The van der Waals surface area contributed by atoms with Gasteiger partial charge in [0.05, 0.1) is 19.8 Å². The van der Waals surface area contributed by atoms with Gasteiger partial charge in [0, 0.05) is 7.11 Å². The smallest absolute Gasteiger partial charge is 0.146 e. The van der Waals surface area contributed by atoms with Gasteiger partial charge < -0.3 is 19.1 Å².